The molecule has 1 heterocycles. The minimum atomic E-state index is -0.368. The molecule has 10 heavy (non-hydrogen) atoms. The second-order valence-electron chi connectivity index (χ2n) is 1.88. The maximum atomic E-state index is 10.5. The number of aromatic nitrogens is 2. The molecule has 54 valence electrons. The molecule has 0 aliphatic carbocycles. The average molecular weight is 157 g/mol. The number of anilines is 1. The Morgan fingerprint density at radius 1 is 1.90 bits per heavy atom. The summed E-state index contributed by atoms with van der Waals surface area (Å²) >= 11 is 3.58. The van der Waals surface area contributed by atoms with Gasteiger partial charge in [0.15, 0.2) is 0 Å². The third-order valence-corrected chi connectivity index (χ3v) is 1.36. The fourth-order valence-corrected chi connectivity index (χ4v) is 0.695. The molecule has 0 fully saturated rings. The van der Waals surface area contributed by atoms with E-state index in [2.05, 4.69) is 17.7 Å². The molecule has 0 aliphatic heterocycles. The van der Waals surface area contributed by atoms with Gasteiger partial charge in [0.05, 0.1) is 0 Å². The third-order valence-electron chi connectivity index (χ3n) is 1.14. The van der Waals surface area contributed by atoms with E-state index in [1.807, 2.05) is 0 Å². The van der Waals surface area contributed by atoms with Crippen LogP contribution in [0.1, 0.15) is 10.5 Å². The van der Waals surface area contributed by atoms with Crippen LogP contribution < -0.4 is 5.73 Å². The molecule has 0 bridgehead atoms. The molecule has 4 nitrogen and oxygen atoms in total. The van der Waals surface area contributed by atoms with Gasteiger partial charge in [0.2, 0.25) is 5.12 Å². The molecule has 0 aromatic carbocycles. The quantitative estimate of drug-likeness (QED) is 0.567. The maximum Gasteiger partial charge on any atom is 0.236 e. The van der Waals surface area contributed by atoms with Crippen LogP contribution in [0, 0.1) is 0 Å². The first-order chi connectivity index (χ1) is 4.61. The smallest absolute Gasteiger partial charge is 0.236 e. The zero-order valence-corrected chi connectivity index (χ0v) is 6.30. The third kappa shape index (κ3) is 1.13. The predicted molar refractivity (Wildman–Crippen MR) is 40.9 cm³/mol. The molecule has 0 amide bonds. The lowest BCUT2D eigenvalue weighted by Gasteiger charge is -1.88. The molecule has 0 saturated heterocycles. The van der Waals surface area contributed by atoms with E-state index < -0.39 is 0 Å². The number of hydrogen-bond donors (Lipinski definition) is 2. The van der Waals surface area contributed by atoms with E-state index in [4.69, 9.17) is 5.73 Å². The fraction of sp³-hybridized carbons (Fsp3) is 0.200. The summed E-state index contributed by atoms with van der Waals surface area (Å²) in [6.07, 6.45) is 0. The molecule has 1 rings (SSSR count). The predicted octanol–water partition coefficient (Wildman–Crippen LogP) is 0.0723. The molecule has 1 aromatic heterocycles. The standard InChI is InChI=1S/C5H7N3OS/c1-8-4(6)2-3(7-8)5(9)10/h2H,6H2,1H3,(H,9,10). The molecular weight excluding hydrogens is 150 g/mol. The van der Waals surface area contributed by atoms with Gasteiger partial charge in [0, 0.05) is 13.1 Å². The van der Waals surface area contributed by atoms with Crippen molar-refractivity contribution in [2.45, 2.75) is 0 Å². The summed E-state index contributed by atoms with van der Waals surface area (Å²) < 4.78 is 1.42. The summed E-state index contributed by atoms with van der Waals surface area (Å²) in [5.41, 5.74) is 5.67. The lowest BCUT2D eigenvalue weighted by molar-refractivity contribution is 0.108. The number of thiol groups is 1. The number of aryl methyl sites for hydroxylation is 1. The largest absolute Gasteiger partial charge is 0.384 e. The Bertz CT molecular complexity index is 248. The van der Waals surface area contributed by atoms with Crippen LogP contribution >= 0.6 is 12.6 Å². The molecule has 0 aliphatic rings. The maximum absolute atomic E-state index is 10.5. The van der Waals surface area contributed by atoms with Crippen LogP contribution in [0.4, 0.5) is 5.82 Å². The first-order valence-electron chi connectivity index (χ1n) is 2.64. The van der Waals surface area contributed by atoms with Gasteiger partial charge < -0.3 is 5.73 Å². The SMILES string of the molecule is Cn1nc(C(=O)S)cc1N. The Morgan fingerprint density at radius 2 is 2.50 bits per heavy atom. The van der Waals surface area contributed by atoms with Gasteiger partial charge in [-0.15, -0.1) is 0 Å². The number of nitrogens with two attached hydrogens (primary N) is 1. The topological polar surface area (TPSA) is 60.9 Å². The van der Waals surface area contributed by atoms with Gasteiger partial charge >= 0.3 is 0 Å². The van der Waals surface area contributed by atoms with Crippen molar-refractivity contribution in [3.05, 3.63) is 11.8 Å². The molecule has 2 N–H and O–H groups in total. The molecule has 0 atom stereocenters. The number of carbonyl (C=O) groups is 1. The van der Waals surface area contributed by atoms with Gasteiger partial charge in [-0.2, -0.15) is 5.10 Å². The van der Waals surface area contributed by atoms with Crippen LogP contribution in [0.5, 0.6) is 0 Å². The monoisotopic (exact) mass is 157 g/mol. The summed E-state index contributed by atoms with van der Waals surface area (Å²) in [4.78, 5) is 10.5. The Balaban J connectivity index is 3.10. The average Bonchev–Trinajstić information content (AvgIpc) is 2.13. The van der Waals surface area contributed by atoms with Crippen molar-refractivity contribution in [1.82, 2.24) is 9.78 Å². The highest BCUT2D eigenvalue weighted by atomic mass is 32.1. The van der Waals surface area contributed by atoms with Crippen LogP contribution in [0.25, 0.3) is 0 Å². The second-order valence-corrected chi connectivity index (χ2v) is 2.29. The number of nitrogen functional groups attached to an aromatic ring is 1. The van der Waals surface area contributed by atoms with Crippen LogP contribution in [0.2, 0.25) is 0 Å². The first kappa shape index (κ1) is 7.14. The van der Waals surface area contributed by atoms with Gasteiger partial charge in [-0.25, -0.2) is 0 Å². The highest BCUT2D eigenvalue weighted by molar-refractivity contribution is 7.97. The van der Waals surface area contributed by atoms with E-state index in [0.29, 0.717) is 5.82 Å². The summed E-state index contributed by atoms with van der Waals surface area (Å²) in [7, 11) is 1.66. The van der Waals surface area contributed by atoms with Crippen LogP contribution in [-0.2, 0) is 7.05 Å². The zero-order valence-electron chi connectivity index (χ0n) is 5.40. The Labute approximate surface area is 63.4 Å². The Hall–Kier alpha value is -0.970. The minimum Gasteiger partial charge on any atom is -0.384 e. The number of rotatable bonds is 1. The Morgan fingerprint density at radius 3 is 2.70 bits per heavy atom. The molecule has 0 unspecified atom stereocenters. The first-order valence-corrected chi connectivity index (χ1v) is 3.09. The molecule has 5 heteroatoms. The van der Waals surface area contributed by atoms with E-state index in [0.717, 1.165) is 0 Å². The number of nitrogens with zero attached hydrogens (tertiary/aromatic N) is 2. The normalized spacial score (nSPS) is 9.80. The van der Waals surface area contributed by atoms with Crippen LogP contribution in [0.15, 0.2) is 6.07 Å². The van der Waals surface area contributed by atoms with E-state index in [-0.39, 0.29) is 10.8 Å². The summed E-state index contributed by atoms with van der Waals surface area (Å²) in [6.45, 7) is 0. The van der Waals surface area contributed by atoms with Crippen LogP contribution in [-0.4, -0.2) is 14.9 Å². The van der Waals surface area contributed by atoms with Crippen molar-refractivity contribution in [3.8, 4) is 0 Å². The van der Waals surface area contributed by atoms with Crippen molar-refractivity contribution in [1.29, 1.82) is 0 Å². The highest BCUT2D eigenvalue weighted by Crippen LogP contribution is 2.05. The van der Waals surface area contributed by atoms with E-state index in [9.17, 15) is 4.79 Å². The van der Waals surface area contributed by atoms with Crippen molar-refractivity contribution in [2.75, 3.05) is 5.73 Å². The molecule has 0 spiro atoms. The summed E-state index contributed by atoms with van der Waals surface area (Å²) in [5.74, 6) is 0.456. The van der Waals surface area contributed by atoms with Gasteiger partial charge in [-0.05, 0) is 0 Å². The lowest BCUT2D eigenvalue weighted by atomic mass is 10.5. The number of carbonyl (C=O) groups excluding carboxylic acids is 1. The van der Waals surface area contributed by atoms with Crippen molar-refractivity contribution >= 4 is 23.6 Å². The highest BCUT2D eigenvalue weighted by Gasteiger charge is 2.05. The van der Waals surface area contributed by atoms with Gasteiger partial charge in [0.25, 0.3) is 0 Å². The minimum absolute atomic E-state index is 0.281. The molecular formula is C5H7N3OS. The van der Waals surface area contributed by atoms with Crippen LogP contribution in [0.3, 0.4) is 0 Å². The lowest BCUT2D eigenvalue weighted by Crippen LogP contribution is -1.97. The Kier molecular flexibility index (Phi) is 1.67. The zero-order chi connectivity index (χ0) is 7.72. The van der Waals surface area contributed by atoms with Gasteiger partial charge in [-0.1, -0.05) is 12.6 Å². The molecule has 1 aromatic rings. The van der Waals surface area contributed by atoms with Crippen molar-refractivity contribution in [3.63, 3.8) is 0 Å². The molecule has 0 saturated carbocycles. The van der Waals surface area contributed by atoms with E-state index in [1.165, 1.54) is 10.7 Å². The molecule has 0 radical (unpaired) electrons. The summed E-state index contributed by atoms with van der Waals surface area (Å²) in [6, 6.07) is 1.48. The van der Waals surface area contributed by atoms with Crippen molar-refractivity contribution in [2.24, 2.45) is 7.05 Å². The fourth-order valence-electron chi connectivity index (χ4n) is 0.586. The second kappa shape index (κ2) is 2.34. The van der Waals surface area contributed by atoms with Crippen molar-refractivity contribution < 1.29 is 4.79 Å². The van der Waals surface area contributed by atoms with Gasteiger partial charge in [-0.3, -0.25) is 9.48 Å². The van der Waals surface area contributed by atoms with Gasteiger partial charge in [0.1, 0.15) is 11.5 Å². The summed E-state index contributed by atoms with van der Waals surface area (Å²) in [5, 5.41) is 3.41. The number of hydrogen-bond acceptors (Lipinski definition) is 3. The van der Waals surface area contributed by atoms with E-state index in [1.54, 1.807) is 7.05 Å². The van der Waals surface area contributed by atoms with E-state index >= 15 is 0 Å².